The first-order valence-electron chi connectivity index (χ1n) is 7.28. The molecule has 1 aliphatic rings. The summed E-state index contributed by atoms with van der Waals surface area (Å²) in [5.41, 5.74) is 1.13. The van der Waals surface area contributed by atoms with Crippen molar-refractivity contribution in [1.82, 2.24) is 0 Å². The Balaban J connectivity index is 2.86. The normalized spacial score (nSPS) is 35.7. The number of hydrogen-bond donors (Lipinski definition) is 1. The van der Waals surface area contributed by atoms with Crippen LogP contribution in [0.2, 0.25) is 0 Å². The van der Waals surface area contributed by atoms with Crippen LogP contribution in [0.4, 0.5) is 0 Å². The zero-order valence-corrected chi connectivity index (χ0v) is 12.7. The van der Waals surface area contributed by atoms with Crippen LogP contribution in [0, 0.1) is 5.92 Å². The van der Waals surface area contributed by atoms with Gasteiger partial charge in [0.25, 0.3) is 0 Å². The van der Waals surface area contributed by atoms with Gasteiger partial charge in [0.05, 0.1) is 6.10 Å². The van der Waals surface area contributed by atoms with E-state index in [0.717, 1.165) is 24.8 Å². The van der Waals surface area contributed by atoms with Crippen LogP contribution in [0.1, 0.15) is 39.5 Å². The molecule has 0 aliphatic heterocycles. The zero-order chi connectivity index (χ0) is 15.0. The van der Waals surface area contributed by atoms with E-state index in [2.05, 4.69) is 0 Å². The minimum Gasteiger partial charge on any atom is -0.389 e. The van der Waals surface area contributed by atoms with Crippen LogP contribution in [-0.4, -0.2) is 30.2 Å². The fourth-order valence-corrected chi connectivity index (χ4v) is 2.30. The first kappa shape index (κ1) is 16.9. The highest BCUT2D eigenvalue weighted by molar-refractivity contribution is 5.89. The van der Waals surface area contributed by atoms with Crippen molar-refractivity contribution in [2.75, 3.05) is 7.11 Å². The predicted octanol–water partition coefficient (Wildman–Crippen LogP) is 3.20. The highest BCUT2D eigenvalue weighted by Crippen LogP contribution is 2.17. The van der Waals surface area contributed by atoms with Crippen molar-refractivity contribution >= 4 is 5.78 Å². The highest BCUT2D eigenvalue weighted by Gasteiger charge is 2.21. The number of carbonyl (C=O) groups is 1. The van der Waals surface area contributed by atoms with Gasteiger partial charge >= 0.3 is 0 Å². The van der Waals surface area contributed by atoms with Crippen molar-refractivity contribution in [2.24, 2.45) is 5.92 Å². The van der Waals surface area contributed by atoms with Gasteiger partial charge in [-0.2, -0.15) is 0 Å². The van der Waals surface area contributed by atoms with Crippen molar-refractivity contribution in [2.45, 2.75) is 51.7 Å². The van der Waals surface area contributed by atoms with E-state index in [0.29, 0.717) is 6.42 Å². The molecule has 0 aromatic carbocycles. The van der Waals surface area contributed by atoms with E-state index >= 15 is 0 Å². The molecule has 0 spiro atoms. The molecule has 0 saturated carbocycles. The monoisotopic (exact) mass is 278 g/mol. The SMILES string of the molecule is CO[C@H]1/C=C/CC/C=C/C(=O)CC/C(C)=C\[C@@H](C)[C@@H]1O. The number of methoxy groups -OCH3 is 1. The summed E-state index contributed by atoms with van der Waals surface area (Å²) in [6.07, 6.45) is 11.6. The Morgan fingerprint density at radius 1 is 1.25 bits per heavy atom. The lowest BCUT2D eigenvalue weighted by Crippen LogP contribution is -2.31. The predicted molar refractivity (Wildman–Crippen MR) is 81.5 cm³/mol. The molecule has 0 heterocycles. The van der Waals surface area contributed by atoms with Crippen LogP contribution in [0.3, 0.4) is 0 Å². The molecule has 3 nitrogen and oxygen atoms in total. The molecule has 1 aliphatic carbocycles. The van der Waals surface area contributed by atoms with Gasteiger partial charge in [-0.3, -0.25) is 4.79 Å². The summed E-state index contributed by atoms with van der Waals surface area (Å²) in [6.45, 7) is 3.98. The number of aliphatic hydroxyl groups is 1. The van der Waals surface area contributed by atoms with Crippen molar-refractivity contribution in [3.05, 3.63) is 36.0 Å². The van der Waals surface area contributed by atoms with Gasteiger partial charge in [-0.05, 0) is 32.3 Å². The van der Waals surface area contributed by atoms with Crippen LogP contribution >= 0.6 is 0 Å². The Morgan fingerprint density at radius 2 is 1.95 bits per heavy atom. The van der Waals surface area contributed by atoms with E-state index < -0.39 is 6.10 Å². The highest BCUT2D eigenvalue weighted by atomic mass is 16.5. The van der Waals surface area contributed by atoms with Crippen molar-refractivity contribution in [3.8, 4) is 0 Å². The maximum atomic E-state index is 11.6. The first-order chi connectivity index (χ1) is 9.54. The number of carbonyl (C=O) groups excluding carboxylic acids is 1. The molecule has 0 bridgehead atoms. The minimum atomic E-state index is -0.569. The van der Waals surface area contributed by atoms with E-state index in [9.17, 15) is 9.90 Å². The average molecular weight is 278 g/mol. The van der Waals surface area contributed by atoms with Gasteiger partial charge in [0.2, 0.25) is 0 Å². The number of aliphatic hydroxyl groups excluding tert-OH is 1. The molecule has 0 aromatic heterocycles. The molecular formula is C17H26O3. The molecule has 0 unspecified atom stereocenters. The Kier molecular flexibility index (Phi) is 7.48. The van der Waals surface area contributed by atoms with Crippen LogP contribution < -0.4 is 0 Å². The second-order valence-corrected chi connectivity index (χ2v) is 5.44. The number of hydrogen-bond acceptors (Lipinski definition) is 3. The first-order valence-corrected chi connectivity index (χ1v) is 7.28. The van der Waals surface area contributed by atoms with Gasteiger partial charge < -0.3 is 9.84 Å². The molecule has 3 atom stereocenters. The second kappa shape index (κ2) is 8.88. The summed E-state index contributed by atoms with van der Waals surface area (Å²) in [5, 5.41) is 10.3. The number of ether oxygens (including phenoxy) is 1. The van der Waals surface area contributed by atoms with Gasteiger partial charge in [-0.1, -0.05) is 36.8 Å². The Bertz CT molecular complexity index is 393. The smallest absolute Gasteiger partial charge is 0.155 e. The fourth-order valence-electron chi connectivity index (χ4n) is 2.30. The zero-order valence-electron chi connectivity index (χ0n) is 12.7. The summed E-state index contributed by atoms with van der Waals surface area (Å²) in [4.78, 5) is 11.6. The number of allylic oxidation sites excluding steroid dienone is 4. The third-order valence-corrected chi connectivity index (χ3v) is 3.59. The van der Waals surface area contributed by atoms with Crippen molar-refractivity contribution in [1.29, 1.82) is 0 Å². The van der Waals surface area contributed by atoms with Crippen molar-refractivity contribution in [3.63, 3.8) is 0 Å². The maximum Gasteiger partial charge on any atom is 0.155 e. The lowest BCUT2D eigenvalue weighted by molar-refractivity contribution is -0.114. The molecule has 1 rings (SSSR count). The van der Waals surface area contributed by atoms with E-state index in [-0.39, 0.29) is 17.8 Å². The van der Waals surface area contributed by atoms with Crippen LogP contribution in [0.5, 0.6) is 0 Å². The summed E-state index contributed by atoms with van der Waals surface area (Å²) in [7, 11) is 1.61. The topological polar surface area (TPSA) is 46.5 Å². The maximum absolute atomic E-state index is 11.6. The molecule has 0 saturated heterocycles. The Hall–Kier alpha value is -1.19. The second-order valence-electron chi connectivity index (χ2n) is 5.44. The molecule has 112 valence electrons. The molecule has 1 N–H and O–H groups in total. The van der Waals surface area contributed by atoms with E-state index in [1.807, 2.05) is 38.2 Å². The summed E-state index contributed by atoms with van der Waals surface area (Å²) < 4.78 is 5.35. The van der Waals surface area contributed by atoms with E-state index in [1.54, 1.807) is 13.2 Å². The molecule has 0 fully saturated rings. The molecule has 0 amide bonds. The Morgan fingerprint density at radius 3 is 2.65 bits per heavy atom. The third kappa shape index (κ3) is 5.85. The van der Waals surface area contributed by atoms with Gasteiger partial charge in [0.15, 0.2) is 5.78 Å². The molecular weight excluding hydrogens is 252 g/mol. The van der Waals surface area contributed by atoms with Gasteiger partial charge in [0.1, 0.15) is 6.10 Å². The van der Waals surface area contributed by atoms with Gasteiger partial charge in [0, 0.05) is 19.4 Å². The summed E-state index contributed by atoms with van der Waals surface area (Å²) in [6, 6.07) is 0. The quantitative estimate of drug-likeness (QED) is 0.749. The lowest BCUT2D eigenvalue weighted by atomic mass is 9.95. The minimum absolute atomic E-state index is 0.00168. The molecule has 0 aromatic rings. The van der Waals surface area contributed by atoms with E-state index in [4.69, 9.17) is 4.74 Å². The van der Waals surface area contributed by atoms with Crippen LogP contribution in [-0.2, 0) is 9.53 Å². The number of ketones is 1. The van der Waals surface area contributed by atoms with Crippen LogP contribution in [0.25, 0.3) is 0 Å². The fraction of sp³-hybridized carbons (Fsp3) is 0.588. The van der Waals surface area contributed by atoms with Gasteiger partial charge in [-0.15, -0.1) is 0 Å². The average Bonchev–Trinajstić information content (AvgIpc) is 2.43. The molecule has 20 heavy (non-hydrogen) atoms. The number of rotatable bonds is 1. The van der Waals surface area contributed by atoms with Crippen LogP contribution in [0.15, 0.2) is 36.0 Å². The molecule has 0 radical (unpaired) electrons. The Labute approximate surface area is 122 Å². The van der Waals surface area contributed by atoms with Crippen molar-refractivity contribution < 1.29 is 14.6 Å². The largest absolute Gasteiger partial charge is 0.389 e. The summed E-state index contributed by atoms with van der Waals surface area (Å²) >= 11 is 0. The van der Waals surface area contributed by atoms with Gasteiger partial charge in [-0.25, -0.2) is 0 Å². The molecule has 3 heteroatoms. The van der Waals surface area contributed by atoms with E-state index in [1.165, 1.54) is 0 Å². The third-order valence-electron chi connectivity index (χ3n) is 3.59. The lowest BCUT2D eigenvalue weighted by Gasteiger charge is -2.23. The summed E-state index contributed by atoms with van der Waals surface area (Å²) in [5.74, 6) is 0.167. The standard InChI is InChI=1S/C17H26O3/c1-13-10-11-15(18)8-6-4-5-7-9-16(20-3)17(19)14(2)12-13/h6-9,12,14,16-17,19H,4-5,10-11H2,1-3H3/b8-6+,9-7+,13-12-/t14-,16+,17+/m1/s1.